The van der Waals surface area contributed by atoms with Gasteiger partial charge in [-0.2, -0.15) is 0 Å². The Morgan fingerprint density at radius 2 is 1.50 bits per heavy atom. The second kappa shape index (κ2) is 4.52. The summed E-state index contributed by atoms with van der Waals surface area (Å²) in [5.41, 5.74) is -4.04. The average Bonchev–Trinajstić information content (AvgIpc) is 2.15. The van der Waals surface area contributed by atoms with Gasteiger partial charge in [0.2, 0.25) is 0 Å². The van der Waals surface area contributed by atoms with Crippen LogP contribution in [-0.4, -0.2) is 67.3 Å². The third-order valence-corrected chi connectivity index (χ3v) is 2.31. The van der Waals surface area contributed by atoms with E-state index in [1.165, 1.54) is 0 Å². The minimum Gasteiger partial charge on any atom is -0.394 e. The zero-order chi connectivity index (χ0) is 11.6. The zero-order valence-electron chi connectivity index (χ0n) is 8.25. The standard InChI is InChI=1S/C8H18O6/c1-7(13,4-10)6(12)8(2,14)5(11)3-9/h5-6,9-14H,3-4H2,1-2H3/t5-,6-,7+,8+/m1/s1. The van der Waals surface area contributed by atoms with Crippen molar-refractivity contribution >= 4 is 0 Å². The predicted molar refractivity (Wildman–Crippen MR) is 47.4 cm³/mol. The fourth-order valence-electron chi connectivity index (χ4n) is 1.08. The molecule has 0 aromatic rings. The van der Waals surface area contributed by atoms with Crippen LogP contribution in [0.5, 0.6) is 0 Å². The van der Waals surface area contributed by atoms with E-state index in [4.69, 9.17) is 15.3 Å². The number of hydrogen-bond donors (Lipinski definition) is 6. The molecule has 0 aliphatic rings. The van der Waals surface area contributed by atoms with E-state index in [0.29, 0.717) is 0 Å². The Hall–Kier alpha value is -0.240. The summed E-state index contributed by atoms with van der Waals surface area (Å²) in [5, 5.41) is 55.0. The largest absolute Gasteiger partial charge is 0.394 e. The average molecular weight is 210 g/mol. The van der Waals surface area contributed by atoms with Gasteiger partial charge in [0.25, 0.3) is 0 Å². The zero-order valence-corrected chi connectivity index (χ0v) is 8.25. The van der Waals surface area contributed by atoms with E-state index < -0.39 is 36.6 Å². The first-order chi connectivity index (χ1) is 6.20. The molecule has 0 saturated heterocycles. The van der Waals surface area contributed by atoms with Crippen molar-refractivity contribution in [2.45, 2.75) is 37.3 Å². The van der Waals surface area contributed by atoms with Crippen LogP contribution in [0, 0.1) is 0 Å². The third-order valence-electron chi connectivity index (χ3n) is 2.31. The number of aliphatic hydroxyl groups is 6. The summed E-state index contributed by atoms with van der Waals surface area (Å²) < 4.78 is 0. The molecule has 0 spiro atoms. The molecular weight excluding hydrogens is 192 g/mol. The van der Waals surface area contributed by atoms with E-state index in [1.807, 2.05) is 0 Å². The molecule has 14 heavy (non-hydrogen) atoms. The fourth-order valence-corrected chi connectivity index (χ4v) is 1.08. The summed E-state index contributed by atoms with van der Waals surface area (Å²) in [6, 6.07) is 0. The molecule has 0 rings (SSSR count). The molecule has 0 aliphatic carbocycles. The Bertz CT molecular complexity index is 179. The van der Waals surface area contributed by atoms with Crippen molar-refractivity contribution in [3.8, 4) is 0 Å². The molecule has 0 fully saturated rings. The summed E-state index contributed by atoms with van der Waals surface area (Å²) in [6.45, 7) is 0.632. The lowest BCUT2D eigenvalue weighted by Gasteiger charge is -2.39. The Labute approximate surface area is 82.1 Å². The molecule has 0 heterocycles. The van der Waals surface area contributed by atoms with Crippen LogP contribution in [-0.2, 0) is 0 Å². The third kappa shape index (κ3) is 2.63. The van der Waals surface area contributed by atoms with Crippen molar-refractivity contribution in [2.75, 3.05) is 13.2 Å². The first-order valence-corrected chi connectivity index (χ1v) is 4.22. The maximum Gasteiger partial charge on any atom is 0.119 e. The van der Waals surface area contributed by atoms with Gasteiger partial charge in [-0.1, -0.05) is 0 Å². The Balaban J connectivity index is 4.73. The normalized spacial score (nSPS) is 24.9. The van der Waals surface area contributed by atoms with E-state index in [0.717, 1.165) is 13.8 Å². The molecule has 6 nitrogen and oxygen atoms in total. The lowest BCUT2D eigenvalue weighted by Crippen LogP contribution is -2.61. The first-order valence-electron chi connectivity index (χ1n) is 4.22. The minimum absolute atomic E-state index is 0.758. The highest BCUT2D eigenvalue weighted by Crippen LogP contribution is 2.24. The number of rotatable bonds is 5. The van der Waals surface area contributed by atoms with Crippen molar-refractivity contribution in [3.05, 3.63) is 0 Å². The highest BCUT2D eigenvalue weighted by atomic mass is 16.4. The molecule has 6 N–H and O–H groups in total. The van der Waals surface area contributed by atoms with Gasteiger partial charge < -0.3 is 30.6 Å². The van der Waals surface area contributed by atoms with Gasteiger partial charge in [0.05, 0.1) is 13.2 Å². The van der Waals surface area contributed by atoms with Crippen LogP contribution in [0.1, 0.15) is 13.8 Å². The van der Waals surface area contributed by atoms with Crippen LogP contribution in [0.2, 0.25) is 0 Å². The maximum atomic E-state index is 9.59. The van der Waals surface area contributed by atoms with Crippen molar-refractivity contribution in [1.82, 2.24) is 0 Å². The Kier molecular flexibility index (Phi) is 4.44. The smallest absolute Gasteiger partial charge is 0.119 e. The van der Waals surface area contributed by atoms with Gasteiger partial charge in [-0.25, -0.2) is 0 Å². The summed E-state index contributed by atoms with van der Waals surface area (Å²) in [4.78, 5) is 0. The molecule has 0 unspecified atom stereocenters. The van der Waals surface area contributed by atoms with Gasteiger partial charge in [0.15, 0.2) is 0 Å². The van der Waals surface area contributed by atoms with Crippen LogP contribution in [0.4, 0.5) is 0 Å². The Morgan fingerprint density at radius 1 is 1.07 bits per heavy atom. The molecule has 0 saturated carbocycles. The predicted octanol–water partition coefficient (Wildman–Crippen LogP) is -2.81. The van der Waals surface area contributed by atoms with Gasteiger partial charge in [-0.3, -0.25) is 0 Å². The highest BCUT2D eigenvalue weighted by Gasteiger charge is 2.47. The molecule has 0 aromatic carbocycles. The molecule has 4 atom stereocenters. The monoisotopic (exact) mass is 210 g/mol. The molecular formula is C8H18O6. The summed E-state index contributed by atoms with van der Waals surface area (Å²) in [7, 11) is 0. The number of aliphatic hydroxyl groups excluding tert-OH is 4. The van der Waals surface area contributed by atoms with Crippen molar-refractivity contribution in [2.24, 2.45) is 0 Å². The van der Waals surface area contributed by atoms with Gasteiger partial charge >= 0.3 is 0 Å². The van der Waals surface area contributed by atoms with Gasteiger partial charge in [-0.05, 0) is 13.8 Å². The van der Waals surface area contributed by atoms with Crippen LogP contribution in [0.15, 0.2) is 0 Å². The quantitative estimate of drug-likeness (QED) is 0.291. The van der Waals surface area contributed by atoms with Gasteiger partial charge in [0.1, 0.15) is 23.4 Å². The molecule has 0 aliphatic heterocycles. The molecule has 0 bridgehead atoms. The summed E-state index contributed by atoms with van der Waals surface area (Å²) in [6.07, 6.45) is -3.38. The lowest BCUT2D eigenvalue weighted by molar-refractivity contribution is -0.210. The highest BCUT2D eigenvalue weighted by molar-refractivity contribution is 4.98. The van der Waals surface area contributed by atoms with E-state index in [9.17, 15) is 15.3 Å². The first kappa shape index (κ1) is 13.8. The van der Waals surface area contributed by atoms with Crippen molar-refractivity contribution in [1.29, 1.82) is 0 Å². The lowest BCUT2D eigenvalue weighted by atomic mass is 9.83. The second-order valence-electron chi connectivity index (χ2n) is 3.84. The molecule has 86 valence electrons. The minimum atomic E-state index is -2.10. The molecule has 0 aromatic heterocycles. The maximum absolute atomic E-state index is 9.59. The van der Waals surface area contributed by atoms with E-state index in [2.05, 4.69) is 0 Å². The molecule has 6 heteroatoms. The second-order valence-corrected chi connectivity index (χ2v) is 3.84. The topological polar surface area (TPSA) is 121 Å². The van der Waals surface area contributed by atoms with E-state index >= 15 is 0 Å². The SMILES string of the molecule is C[C@](O)([C@H](O)CO)[C@H](O)[C@@](C)(O)CO. The van der Waals surface area contributed by atoms with E-state index in [1.54, 1.807) is 0 Å². The van der Waals surface area contributed by atoms with Crippen LogP contribution in [0.3, 0.4) is 0 Å². The van der Waals surface area contributed by atoms with Crippen molar-refractivity contribution < 1.29 is 30.6 Å². The Morgan fingerprint density at radius 3 is 1.79 bits per heavy atom. The summed E-state index contributed by atoms with van der Waals surface area (Å²) >= 11 is 0. The van der Waals surface area contributed by atoms with Crippen LogP contribution < -0.4 is 0 Å². The van der Waals surface area contributed by atoms with E-state index in [-0.39, 0.29) is 0 Å². The fraction of sp³-hybridized carbons (Fsp3) is 1.00. The van der Waals surface area contributed by atoms with Gasteiger partial charge in [0, 0.05) is 0 Å². The van der Waals surface area contributed by atoms with Crippen LogP contribution in [0.25, 0.3) is 0 Å². The number of hydrogen-bond acceptors (Lipinski definition) is 6. The molecule has 0 amide bonds. The van der Waals surface area contributed by atoms with Gasteiger partial charge in [-0.15, -0.1) is 0 Å². The van der Waals surface area contributed by atoms with Crippen LogP contribution >= 0.6 is 0 Å². The van der Waals surface area contributed by atoms with Crippen molar-refractivity contribution in [3.63, 3.8) is 0 Å². The molecule has 0 radical (unpaired) electrons. The summed E-state index contributed by atoms with van der Waals surface area (Å²) in [5.74, 6) is 0.